The summed E-state index contributed by atoms with van der Waals surface area (Å²) in [6.45, 7) is 4.57. The van der Waals surface area contributed by atoms with E-state index in [2.05, 4.69) is 25.1 Å². The van der Waals surface area contributed by atoms with Crippen LogP contribution in [0.3, 0.4) is 0 Å². The molecule has 0 amide bonds. The van der Waals surface area contributed by atoms with Crippen LogP contribution in [0.1, 0.15) is 44.3 Å². The lowest BCUT2D eigenvalue weighted by molar-refractivity contribution is 0.0967. The highest BCUT2D eigenvalue weighted by atomic mass is 35.5. The Kier molecular flexibility index (Phi) is 7.44. The molecule has 0 N–H and O–H groups in total. The van der Waals surface area contributed by atoms with Crippen molar-refractivity contribution in [1.29, 1.82) is 0 Å². The van der Waals surface area contributed by atoms with Crippen LogP contribution >= 0.6 is 11.6 Å². The third-order valence-electron chi connectivity index (χ3n) is 6.05. The van der Waals surface area contributed by atoms with Gasteiger partial charge in [0.1, 0.15) is 23.1 Å². The highest BCUT2D eigenvalue weighted by molar-refractivity contribution is 7.91. The van der Waals surface area contributed by atoms with Gasteiger partial charge in [-0.1, -0.05) is 24.6 Å². The summed E-state index contributed by atoms with van der Waals surface area (Å²) < 4.78 is 39.6. The van der Waals surface area contributed by atoms with Crippen molar-refractivity contribution in [2.45, 2.75) is 56.3 Å². The van der Waals surface area contributed by atoms with Crippen LogP contribution in [-0.2, 0) is 26.9 Å². The maximum atomic E-state index is 13.4. The summed E-state index contributed by atoms with van der Waals surface area (Å²) in [4.78, 5) is 12.8. The zero-order valence-corrected chi connectivity index (χ0v) is 20.8. The Labute approximate surface area is 203 Å². The zero-order chi connectivity index (χ0) is 24.3. The van der Waals surface area contributed by atoms with Crippen molar-refractivity contribution in [2.75, 3.05) is 13.7 Å². The van der Waals surface area contributed by atoms with E-state index in [9.17, 15) is 8.42 Å². The third kappa shape index (κ3) is 5.37. The van der Waals surface area contributed by atoms with E-state index in [4.69, 9.17) is 21.1 Å². The quantitative estimate of drug-likeness (QED) is 0.430. The van der Waals surface area contributed by atoms with E-state index < -0.39 is 21.0 Å². The molecule has 1 saturated heterocycles. The summed E-state index contributed by atoms with van der Waals surface area (Å²) in [6.07, 6.45) is 4.73. The Morgan fingerprint density at radius 3 is 2.68 bits per heavy atom. The molecule has 12 heteroatoms. The molecule has 1 aliphatic rings. The third-order valence-corrected chi connectivity index (χ3v) is 8.44. The fourth-order valence-electron chi connectivity index (χ4n) is 3.86. The highest BCUT2D eigenvalue weighted by Gasteiger charge is 2.32. The van der Waals surface area contributed by atoms with E-state index in [0.717, 1.165) is 12.8 Å². The number of methoxy groups -OCH3 is 1. The normalized spacial score (nSPS) is 18.1. The van der Waals surface area contributed by atoms with Crippen LogP contribution < -0.4 is 4.74 Å². The maximum absolute atomic E-state index is 13.4. The second-order valence-corrected chi connectivity index (χ2v) is 11.1. The van der Waals surface area contributed by atoms with Gasteiger partial charge in [-0.25, -0.2) is 23.4 Å². The van der Waals surface area contributed by atoms with E-state index in [1.54, 1.807) is 36.6 Å². The minimum absolute atomic E-state index is 0.0411. The summed E-state index contributed by atoms with van der Waals surface area (Å²) in [7, 11) is -2.09. The first-order chi connectivity index (χ1) is 16.3. The van der Waals surface area contributed by atoms with Crippen molar-refractivity contribution in [3.8, 4) is 17.4 Å². The average molecular weight is 507 g/mol. The minimum atomic E-state index is -3.63. The molecule has 3 aromatic rings. The standard InChI is InChI=1S/C22H27ClN6O4S/c1-14(21-24-10-16(23)11-25-21)15(2)34(30,31)13-19-27-28-22(18-7-4-8-20(26-18)32-3)29(19)12-17-6-5-9-33-17/h4,7-8,10-11,14-15,17H,5-6,9,12-13H2,1-3H3/t14-,15-,17+/m0/s1. The van der Waals surface area contributed by atoms with Crippen molar-refractivity contribution < 1.29 is 17.9 Å². The van der Waals surface area contributed by atoms with Crippen LogP contribution in [0.5, 0.6) is 5.88 Å². The number of rotatable bonds is 9. The summed E-state index contributed by atoms with van der Waals surface area (Å²) in [6, 6.07) is 5.33. The zero-order valence-electron chi connectivity index (χ0n) is 19.3. The van der Waals surface area contributed by atoms with Gasteiger partial charge in [0.2, 0.25) is 5.88 Å². The molecule has 0 bridgehead atoms. The van der Waals surface area contributed by atoms with E-state index in [1.807, 2.05) is 0 Å². The molecule has 1 fully saturated rings. The molecule has 0 aliphatic carbocycles. The lowest BCUT2D eigenvalue weighted by atomic mass is 10.1. The molecule has 0 aromatic carbocycles. The van der Waals surface area contributed by atoms with Gasteiger partial charge in [0.25, 0.3) is 0 Å². The summed E-state index contributed by atoms with van der Waals surface area (Å²) >= 11 is 5.87. The summed E-state index contributed by atoms with van der Waals surface area (Å²) in [5, 5.41) is 8.19. The molecule has 3 aromatic heterocycles. The number of hydrogen-bond donors (Lipinski definition) is 0. The molecule has 34 heavy (non-hydrogen) atoms. The Bertz CT molecular complexity index is 1230. The highest BCUT2D eigenvalue weighted by Crippen LogP contribution is 2.27. The van der Waals surface area contributed by atoms with E-state index in [0.29, 0.717) is 47.2 Å². The predicted octanol–water partition coefficient (Wildman–Crippen LogP) is 3.08. The fraction of sp³-hybridized carbons (Fsp3) is 0.500. The van der Waals surface area contributed by atoms with Crippen LogP contribution in [-0.4, -0.2) is 63.2 Å². The Hall–Kier alpha value is -2.63. The SMILES string of the molecule is COc1cccc(-c2nnc(CS(=O)(=O)[C@@H](C)[C@H](C)c3ncc(Cl)cn3)n2C[C@H]2CCCO2)n1. The van der Waals surface area contributed by atoms with Gasteiger partial charge in [0.15, 0.2) is 15.7 Å². The molecule has 4 heterocycles. The van der Waals surface area contributed by atoms with E-state index in [-0.39, 0.29) is 11.9 Å². The number of ether oxygens (including phenoxy) is 2. The molecule has 0 radical (unpaired) electrons. The van der Waals surface area contributed by atoms with Crippen molar-refractivity contribution in [3.63, 3.8) is 0 Å². The lowest BCUT2D eigenvalue weighted by Gasteiger charge is -2.20. The number of hydrogen-bond acceptors (Lipinski definition) is 9. The number of pyridine rings is 1. The van der Waals surface area contributed by atoms with Gasteiger partial charge < -0.3 is 14.0 Å². The Morgan fingerprint density at radius 2 is 2.00 bits per heavy atom. The lowest BCUT2D eigenvalue weighted by Crippen LogP contribution is -2.28. The van der Waals surface area contributed by atoms with Crippen LogP contribution in [0, 0.1) is 0 Å². The molecule has 4 rings (SSSR count). The van der Waals surface area contributed by atoms with Gasteiger partial charge in [-0.3, -0.25) is 0 Å². The van der Waals surface area contributed by atoms with E-state index >= 15 is 0 Å². The van der Waals surface area contributed by atoms with Gasteiger partial charge in [-0.2, -0.15) is 0 Å². The molecule has 0 saturated carbocycles. The molecular formula is C22H27ClN6O4S. The number of nitrogens with zero attached hydrogens (tertiary/aromatic N) is 6. The molecule has 0 unspecified atom stereocenters. The topological polar surface area (TPSA) is 122 Å². The van der Waals surface area contributed by atoms with Crippen molar-refractivity contribution in [1.82, 2.24) is 29.7 Å². The maximum Gasteiger partial charge on any atom is 0.213 e. The van der Waals surface area contributed by atoms with Crippen LogP contribution in [0.25, 0.3) is 11.5 Å². The van der Waals surface area contributed by atoms with Crippen molar-refractivity contribution in [3.05, 3.63) is 47.3 Å². The first-order valence-electron chi connectivity index (χ1n) is 11.0. The van der Waals surface area contributed by atoms with Crippen LogP contribution in [0.4, 0.5) is 0 Å². The van der Waals surface area contributed by atoms with Gasteiger partial charge in [0, 0.05) is 31.0 Å². The Morgan fingerprint density at radius 1 is 1.24 bits per heavy atom. The number of sulfone groups is 1. The second-order valence-electron chi connectivity index (χ2n) is 8.31. The molecule has 1 aliphatic heterocycles. The molecule has 3 atom stereocenters. The van der Waals surface area contributed by atoms with E-state index in [1.165, 1.54) is 19.5 Å². The molecular weight excluding hydrogens is 480 g/mol. The fourth-order valence-corrected chi connectivity index (χ4v) is 5.54. The largest absolute Gasteiger partial charge is 0.481 e. The van der Waals surface area contributed by atoms with Gasteiger partial charge >= 0.3 is 0 Å². The Balaban J connectivity index is 1.64. The van der Waals surface area contributed by atoms with Gasteiger partial charge in [-0.05, 0) is 25.8 Å². The first-order valence-corrected chi connectivity index (χ1v) is 13.1. The number of aromatic nitrogens is 6. The molecule has 10 nitrogen and oxygen atoms in total. The van der Waals surface area contributed by atoms with Crippen molar-refractivity contribution in [2.24, 2.45) is 0 Å². The minimum Gasteiger partial charge on any atom is -0.481 e. The van der Waals surface area contributed by atoms with Crippen molar-refractivity contribution >= 4 is 21.4 Å². The van der Waals surface area contributed by atoms with Crippen LogP contribution in [0.2, 0.25) is 5.02 Å². The average Bonchev–Trinajstić information content (AvgIpc) is 3.49. The van der Waals surface area contributed by atoms with Crippen LogP contribution in [0.15, 0.2) is 30.6 Å². The predicted molar refractivity (Wildman–Crippen MR) is 126 cm³/mol. The smallest absolute Gasteiger partial charge is 0.213 e. The van der Waals surface area contributed by atoms with Gasteiger partial charge in [-0.15, -0.1) is 10.2 Å². The molecule has 0 spiro atoms. The van der Waals surface area contributed by atoms with Gasteiger partial charge in [0.05, 0.1) is 30.0 Å². The molecule has 182 valence electrons. The summed E-state index contributed by atoms with van der Waals surface area (Å²) in [5.74, 6) is 0.950. The second kappa shape index (κ2) is 10.3. The first kappa shape index (κ1) is 24.5. The monoisotopic (exact) mass is 506 g/mol. The summed E-state index contributed by atoms with van der Waals surface area (Å²) in [5.41, 5.74) is 0.546. The number of halogens is 1.